The molecule has 2 atom stereocenters. The van der Waals surface area contributed by atoms with Crippen LogP contribution < -0.4 is 0 Å². The van der Waals surface area contributed by atoms with Gasteiger partial charge in [-0.05, 0) is 30.5 Å². The highest BCUT2D eigenvalue weighted by Gasteiger charge is 2.28. The maximum atomic E-state index is 12.5. The summed E-state index contributed by atoms with van der Waals surface area (Å²) in [6.45, 7) is 7.45. The highest BCUT2D eigenvalue weighted by atomic mass is 35.5. The molecule has 4 heteroatoms. The molecule has 1 heterocycles. The fourth-order valence-electron chi connectivity index (χ4n) is 2.49. The third kappa shape index (κ3) is 3.53. The van der Waals surface area contributed by atoms with Gasteiger partial charge in [-0.15, -0.1) is 11.6 Å². The van der Waals surface area contributed by atoms with Crippen molar-refractivity contribution in [1.82, 2.24) is 4.90 Å². The predicted molar refractivity (Wildman–Crippen MR) is 81.5 cm³/mol. The van der Waals surface area contributed by atoms with Crippen molar-refractivity contribution in [2.24, 2.45) is 0 Å². The minimum absolute atomic E-state index is 0.0337. The first-order valence-electron chi connectivity index (χ1n) is 7.12. The third-order valence-electron chi connectivity index (χ3n) is 3.61. The van der Waals surface area contributed by atoms with Crippen LogP contribution >= 0.6 is 11.6 Å². The lowest BCUT2D eigenvalue weighted by Gasteiger charge is -2.36. The zero-order valence-electron chi connectivity index (χ0n) is 12.3. The molecule has 1 fully saturated rings. The normalized spacial score (nSPS) is 23.1. The molecule has 0 N–H and O–H groups in total. The first-order valence-corrected chi connectivity index (χ1v) is 7.65. The van der Waals surface area contributed by atoms with Crippen molar-refractivity contribution in [3.8, 4) is 0 Å². The molecular weight excluding hydrogens is 274 g/mol. The van der Waals surface area contributed by atoms with E-state index in [4.69, 9.17) is 16.3 Å². The van der Waals surface area contributed by atoms with Gasteiger partial charge in [-0.3, -0.25) is 4.79 Å². The second kappa shape index (κ2) is 6.59. The highest BCUT2D eigenvalue weighted by molar-refractivity contribution is 6.18. The average Bonchev–Trinajstić information content (AvgIpc) is 2.45. The van der Waals surface area contributed by atoms with Gasteiger partial charge in [0, 0.05) is 18.7 Å². The second-order valence-corrected chi connectivity index (χ2v) is 6.02. The van der Waals surface area contributed by atoms with Crippen LogP contribution in [-0.2, 0) is 4.74 Å². The number of alkyl halides is 1. The van der Waals surface area contributed by atoms with Crippen molar-refractivity contribution in [3.05, 3.63) is 35.4 Å². The average molecular weight is 296 g/mol. The van der Waals surface area contributed by atoms with Gasteiger partial charge in [-0.25, -0.2) is 0 Å². The molecule has 0 aromatic heterocycles. The number of halogens is 1. The van der Waals surface area contributed by atoms with Crippen molar-refractivity contribution in [3.63, 3.8) is 0 Å². The van der Waals surface area contributed by atoms with Gasteiger partial charge in [0.15, 0.2) is 0 Å². The molecule has 0 saturated carbocycles. The summed E-state index contributed by atoms with van der Waals surface area (Å²) >= 11 is 5.85. The van der Waals surface area contributed by atoms with Gasteiger partial charge < -0.3 is 9.64 Å². The van der Waals surface area contributed by atoms with Crippen LogP contribution in [0.4, 0.5) is 0 Å². The lowest BCUT2D eigenvalue weighted by molar-refractivity contribution is -0.0570. The summed E-state index contributed by atoms with van der Waals surface area (Å²) in [6, 6.07) is 7.88. The van der Waals surface area contributed by atoms with E-state index in [2.05, 4.69) is 13.8 Å². The van der Waals surface area contributed by atoms with Crippen LogP contribution in [0.1, 0.15) is 42.6 Å². The molecule has 1 aliphatic heterocycles. The van der Waals surface area contributed by atoms with Crippen molar-refractivity contribution in [1.29, 1.82) is 0 Å². The fraction of sp³-hybridized carbons (Fsp3) is 0.562. The third-order valence-corrected chi connectivity index (χ3v) is 3.95. The van der Waals surface area contributed by atoms with E-state index in [0.717, 1.165) is 5.56 Å². The number of carbonyl (C=O) groups is 1. The second-order valence-electron chi connectivity index (χ2n) is 5.71. The van der Waals surface area contributed by atoms with Gasteiger partial charge in [0.1, 0.15) is 0 Å². The number of hydrogen-bond acceptors (Lipinski definition) is 2. The fourth-order valence-corrected chi connectivity index (χ4v) is 2.66. The van der Waals surface area contributed by atoms with Crippen LogP contribution in [0, 0.1) is 0 Å². The molecule has 1 aromatic carbocycles. The van der Waals surface area contributed by atoms with Crippen LogP contribution in [0.5, 0.6) is 0 Å². The lowest BCUT2D eigenvalue weighted by atomic mass is 10.0. The largest absolute Gasteiger partial charge is 0.370 e. The van der Waals surface area contributed by atoms with Crippen molar-refractivity contribution in [2.45, 2.75) is 38.9 Å². The van der Waals surface area contributed by atoms with Crippen LogP contribution in [0.3, 0.4) is 0 Å². The predicted octanol–water partition coefficient (Wildman–Crippen LogP) is 3.28. The first kappa shape index (κ1) is 15.3. The Morgan fingerprint density at radius 3 is 2.55 bits per heavy atom. The Kier molecular flexibility index (Phi) is 5.06. The first-order chi connectivity index (χ1) is 9.51. The van der Waals surface area contributed by atoms with E-state index in [9.17, 15) is 4.79 Å². The van der Waals surface area contributed by atoms with Gasteiger partial charge >= 0.3 is 0 Å². The van der Waals surface area contributed by atoms with Crippen molar-refractivity contribution >= 4 is 17.5 Å². The van der Waals surface area contributed by atoms with E-state index in [-0.39, 0.29) is 18.1 Å². The summed E-state index contributed by atoms with van der Waals surface area (Å²) in [7, 11) is 0. The molecule has 3 nitrogen and oxygen atoms in total. The van der Waals surface area contributed by atoms with Crippen LogP contribution in [-0.4, -0.2) is 42.0 Å². The molecule has 0 spiro atoms. The van der Waals surface area contributed by atoms with E-state index in [1.165, 1.54) is 5.56 Å². The Morgan fingerprint density at radius 2 is 2.00 bits per heavy atom. The Labute approximate surface area is 125 Å². The molecular formula is C16H22ClNO2. The Balaban J connectivity index is 2.10. The van der Waals surface area contributed by atoms with Crippen molar-refractivity contribution in [2.75, 3.05) is 19.0 Å². The maximum Gasteiger partial charge on any atom is 0.254 e. The summed E-state index contributed by atoms with van der Waals surface area (Å²) in [5.41, 5.74) is 1.98. The summed E-state index contributed by atoms with van der Waals surface area (Å²) in [6.07, 6.45) is -0.0364. The summed E-state index contributed by atoms with van der Waals surface area (Å²) < 4.78 is 5.68. The summed E-state index contributed by atoms with van der Waals surface area (Å²) in [4.78, 5) is 14.4. The molecule has 2 rings (SSSR count). The number of rotatable bonds is 3. The summed E-state index contributed by atoms with van der Waals surface area (Å²) in [5, 5.41) is 0. The molecule has 2 unspecified atom stereocenters. The van der Waals surface area contributed by atoms with Crippen molar-refractivity contribution < 1.29 is 9.53 Å². The molecule has 0 radical (unpaired) electrons. The molecule has 0 aliphatic carbocycles. The van der Waals surface area contributed by atoms with E-state index in [1.807, 2.05) is 36.1 Å². The Morgan fingerprint density at radius 1 is 1.35 bits per heavy atom. The highest BCUT2D eigenvalue weighted by Crippen LogP contribution is 2.18. The Hall–Kier alpha value is -1.06. The molecule has 20 heavy (non-hydrogen) atoms. The minimum Gasteiger partial charge on any atom is -0.370 e. The van der Waals surface area contributed by atoms with E-state index < -0.39 is 0 Å². The van der Waals surface area contributed by atoms with E-state index >= 15 is 0 Å². The van der Waals surface area contributed by atoms with Gasteiger partial charge in [0.05, 0.1) is 18.1 Å². The number of nitrogens with zero attached hydrogens (tertiary/aromatic N) is 1. The van der Waals surface area contributed by atoms with Gasteiger partial charge in [-0.2, -0.15) is 0 Å². The van der Waals surface area contributed by atoms with Gasteiger partial charge in [0.2, 0.25) is 0 Å². The number of benzene rings is 1. The zero-order chi connectivity index (χ0) is 14.7. The zero-order valence-corrected chi connectivity index (χ0v) is 13.1. The minimum atomic E-state index is -0.0701. The van der Waals surface area contributed by atoms with Gasteiger partial charge in [0.25, 0.3) is 5.91 Å². The molecule has 1 aromatic rings. The standard InChI is InChI=1S/C16H22ClNO2/c1-11(2)13-4-6-14(7-5-13)16(19)18-9-12(3)20-15(8-17)10-18/h4-7,11-12,15H,8-10H2,1-3H3. The number of ether oxygens (including phenoxy) is 1. The number of morpholine rings is 1. The van der Waals surface area contributed by atoms with Crippen LogP contribution in [0.2, 0.25) is 0 Å². The number of amides is 1. The number of carbonyl (C=O) groups excluding carboxylic acids is 1. The molecule has 110 valence electrons. The topological polar surface area (TPSA) is 29.5 Å². The number of hydrogen-bond donors (Lipinski definition) is 0. The van der Waals surface area contributed by atoms with Gasteiger partial charge in [-0.1, -0.05) is 26.0 Å². The molecule has 1 amide bonds. The quantitative estimate of drug-likeness (QED) is 0.801. The lowest BCUT2D eigenvalue weighted by Crippen LogP contribution is -2.49. The van der Waals surface area contributed by atoms with E-state index in [1.54, 1.807) is 0 Å². The molecule has 0 bridgehead atoms. The summed E-state index contributed by atoms with van der Waals surface area (Å²) in [5.74, 6) is 0.953. The monoisotopic (exact) mass is 295 g/mol. The molecule has 1 saturated heterocycles. The molecule has 1 aliphatic rings. The van der Waals surface area contributed by atoms with E-state index in [0.29, 0.717) is 24.9 Å². The Bertz CT molecular complexity index is 458. The van der Waals surface area contributed by atoms with Crippen LogP contribution in [0.15, 0.2) is 24.3 Å². The SMILES string of the molecule is CC1CN(C(=O)c2ccc(C(C)C)cc2)CC(CCl)O1. The smallest absolute Gasteiger partial charge is 0.254 e. The van der Waals surface area contributed by atoms with Crippen LogP contribution in [0.25, 0.3) is 0 Å². The maximum absolute atomic E-state index is 12.5.